The number of benzene rings is 1. The van der Waals surface area contributed by atoms with E-state index in [9.17, 15) is 26.7 Å². The molecule has 0 aromatic heterocycles. The van der Waals surface area contributed by atoms with Crippen LogP contribution in [-0.2, 0) is 0 Å². The minimum atomic E-state index is -5.07. The first-order chi connectivity index (χ1) is 7.81. The molecule has 1 aromatic rings. The van der Waals surface area contributed by atoms with Crippen molar-refractivity contribution in [3.05, 3.63) is 23.8 Å². The highest BCUT2D eigenvalue weighted by molar-refractivity contribution is 5.76. The summed E-state index contributed by atoms with van der Waals surface area (Å²) >= 11 is 0. The Hall–Kier alpha value is -1.86. The fraction of sp³-hybridized carbons (Fsp3) is 0.222. The Balaban J connectivity index is 3.07. The lowest BCUT2D eigenvalue weighted by Gasteiger charge is -2.13. The molecule has 1 rings (SSSR count). The van der Waals surface area contributed by atoms with Gasteiger partial charge in [0.25, 0.3) is 0 Å². The molecule has 0 aliphatic heterocycles. The molecular formula is C9H5F5O3. The second-order valence-electron chi connectivity index (χ2n) is 2.75. The monoisotopic (exact) mass is 256 g/mol. The van der Waals surface area contributed by atoms with Gasteiger partial charge in [0.15, 0.2) is 11.5 Å². The van der Waals surface area contributed by atoms with E-state index in [1.807, 2.05) is 0 Å². The van der Waals surface area contributed by atoms with Gasteiger partial charge in [-0.15, -0.1) is 13.2 Å². The molecule has 0 aliphatic carbocycles. The molecule has 1 aromatic carbocycles. The molecule has 0 saturated carbocycles. The zero-order chi connectivity index (χ0) is 13.1. The molecule has 0 aliphatic rings. The smallest absolute Gasteiger partial charge is 0.431 e. The molecule has 0 heterocycles. The van der Waals surface area contributed by atoms with Crippen LogP contribution in [0.4, 0.5) is 22.0 Å². The zero-order valence-electron chi connectivity index (χ0n) is 8.00. The van der Waals surface area contributed by atoms with Crippen LogP contribution in [0.2, 0.25) is 0 Å². The van der Waals surface area contributed by atoms with Crippen LogP contribution in [0.25, 0.3) is 0 Å². The van der Waals surface area contributed by atoms with Gasteiger partial charge in [0.2, 0.25) is 0 Å². The van der Waals surface area contributed by atoms with Crippen molar-refractivity contribution < 1.29 is 36.2 Å². The lowest BCUT2D eigenvalue weighted by atomic mass is 10.2. The summed E-state index contributed by atoms with van der Waals surface area (Å²) in [4.78, 5) is 10.3. The summed E-state index contributed by atoms with van der Waals surface area (Å²) < 4.78 is 66.9. The van der Waals surface area contributed by atoms with Crippen LogP contribution in [0.1, 0.15) is 10.4 Å². The fourth-order valence-electron chi connectivity index (χ4n) is 0.996. The first-order valence-electron chi connectivity index (χ1n) is 4.11. The van der Waals surface area contributed by atoms with Crippen molar-refractivity contribution in [2.24, 2.45) is 0 Å². The maximum Gasteiger partial charge on any atom is 0.573 e. The number of alkyl halides is 5. The summed E-state index contributed by atoms with van der Waals surface area (Å²) in [5.41, 5.74) is -0.161. The summed E-state index contributed by atoms with van der Waals surface area (Å²) in [5.74, 6) is -1.80. The number of halogens is 5. The Labute approximate surface area is 91.7 Å². The number of hydrogen-bond acceptors (Lipinski definition) is 3. The number of rotatable bonds is 4. The van der Waals surface area contributed by atoms with Crippen molar-refractivity contribution in [1.29, 1.82) is 0 Å². The number of aldehydes is 1. The van der Waals surface area contributed by atoms with Crippen molar-refractivity contribution in [3.8, 4) is 11.5 Å². The van der Waals surface area contributed by atoms with Gasteiger partial charge in [-0.25, -0.2) is 0 Å². The van der Waals surface area contributed by atoms with Crippen LogP contribution in [0.15, 0.2) is 18.2 Å². The third-order valence-electron chi connectivity index (χ3n) is 1.55. The highest BCUT2D eigenvalue weighted by atomic mass is 19.4. The number of carbonyl (C=O) groups excluding carboxylic acids is 1. The van der Waals surface area contributed by atoms with Crippen molar-refractivity contribution in [2.45, 2.75) is 13.0 Å². The molecular weight excluding hydrogens is 251 g/mol. The van der Waals surface area contributed by atoms with Gasteiger partial charge < -0.3 is 9.47 Å². The van der Waals surface area contributed by atoms with Gasteiger partial charge in [0, 0.05) is 5.56 Å². The summed E-state index contributed by atoms with van der Waals surface area (Å²) in [5, 5.41) is 0. The SMILES string of the molecule is O=Cc1ccc(OC(F)F)c(OC(F)(F)F)c1. The quantitative estimate of drug-likeness (QED) is 0.613. The summed E-state index contributed by atoms with van der Waals surface area (Å²) in [6.07, 6.45) is -4.82. The zero-order valence-corrected chi connectivity index (χ0v) is 8.00. The summed E-state index contributed by atoms with van der Waals surface area (Å²) in [7, 11) is 0. The lowest BCUT2D eigenvalue weighted by molar-refractivity contribution is -0.275. The largest absolute Gasteiger partial charge is 0.573 e. The van der Waals surface area contributed by atoms with Crippen LogP contribution in [0.3, 0.4) is 0 Å². The molecule has 8 heteroatoms. The van der Waals surface area contributed by atoms with Gasteiger partial charge in [0.1, 0.15) is 6.29 Å². The van der Waals surface area contributed by atoms with E-state index in [2.05, 4.69) is 9.47 Å². The molecule has 0 radical (unpaired) electrons. The third-order valence-corrected chi connectivity index (χ3v) is 1.55. The fourth-order valence-corrected chi connectivity index (χ4v) is 0.996. The van der Waals surface area contributed by atoms with E-state index >= 15 is 0 Å². The maximum atomic E-state index is 11.9. The molecule has 0 atom stereocenters. The van der Waals surface area contributed by atoms with Gasteiger partial charge in [-0.2, -0.15) is 8.78 Å². The van der Waals surface area contributed by atoms with Gasteiger partial charge >= 0.3 is 13.0 Å². The van der Waals surface area contributed by atoms with E-state index in [4.69, 9.17) is 0 Å². The molecule has 0 N–H and O–H groups in total. The van der Waals surface area contributed by atoms with Crippen molar-refractivity contribution in [1.82, 2.24) is 0 Å². The van der Waals surface area contributed by atoms with Gasteiger partial charge in [-0.05, 0) is 18.2 Å². The van der Waals surface area contributed by atoms with E-state index in [1.165, 1.54) is 0 Å². The van der Waals surface area contributed by atoms with E-state index < -0.39 is 24.5 Å². The molecule has 0 spiro atoms. The number of carbonyl (C=O) groups is 1. The standard InChI is InChI=1S/C9H5F5O3/c10-8(11)16-6-2-1-5(4-15)3-7(6)17-9(12,13)14/h1-4,8H. The highest BCUT2D eigenvalue weighted by Crippen LogP contribution is 2.33. The minimum Gasteiger partial charge on any atom is -0.431 e. The molecule has 0 saturated heterocycles. The normalized spacial score (nSPS) is 11.4. The van der Waals surface area contributed by atoms with E-state index in [0.29, 0.717) is 6.07 Å². The predicted octanol–water partition coefficient (Wildman–Crippen LogP) is 3.00. The molecule has 0 unspecified atom stereocenters. The molecule has 0 amide bonds. The Bertz CT molecular complexity index is 402. The van der Waals surface area contributed by atoms with Gasteiger partial charge in [-0.1, -0.05) is 0 Å². The van der Waals surface area contributed by atoms with Crippen LogP contribution in [0, 0.1) is 0 Å². The predicted molar refractivity (Wildman–Crippen MR) is 45.1 cm³/mol. The van der Waals surface area contributed by atoms with Crippen LogP contribution < -0.4 is 9.47 Å². The van der Waals surface area contributed by atoms with Crippen molar-refractivity contribution in [3.63, 3.8) is 0 Å². The Morgan fingerprint density at radius 2 is 1.82 bits per heavy atom. The Morgan fingerprint density at radius 3 is 2.29 bits per heavy atom. The number of ether oxygens (including phenoxy) is 2. The Kier molecular flexibility index (Phi) is 3.87. The van der Waals surface area contributed by atoms with E-state index in [-0.39, 0.29) is 11.8 Å². The van der Waals surface area contributed by atoms with Crippen LogP contribution in [-0.4, -0.2) is 19.3 Å². The summed E-state index contributed by atoms with van der Waals surface area (Å²) in [6.45, 7) is -3.30. The lowest BCUT2D eigenvalue weighted by Crippen LogP contribution is -2.18. The van der Waals surface area contributed by atoms with Gasteiger partial charge in [-0.3, -0.25) is 4.79 Å². The average molecular weight is 256 g/mol. The first kappa shape index (κ1) is 13.2. The topological polar surface area (TPSA) is 35.5 Å². The maximum absolute atomic E-state index is 11.9. The van der Waals surface area contributed by atoms with E-state index in [0.717, 1.165) is 12.1 Å². The highest BCUT2D eigenvalue weighted by Gasteiger charge is 2.33. The summed E-state index contributed by atoms with van der Waals surface area (Å²) in [6, 6.07) is 2.46. The van der Waals surface area contributed by atoms with Crippen LogP contribution in [0.5, 0.6) is 11.5 Å². The first-order valence-corrected chi connectivity index (χ1v) is 4.11. The third kappa shape index (κ3) is 4.25. The van der Waals surface area contributed by atoms with Crippen LogP contribution >= 0.6 is 0 Å². The number of hydrogen-bond donors (Lipinski definition) is 0. The molecule has 0 fully saturated rings. The molecule has 0 bridgehead atoms. The Morgan fingerprint density at radius 1 is 1.18 bits per heavy atom. The molecule has 94 valence electrons. The van der Waals surface area contributed by atoms with Crippen molar-refractivity contribution >= 4 is 6.29 Å². The average Bonchev–Trinajstić information content (AvgIpc) is 2.17. The second kappa shape index (κ2) is 4.98. The minimum absolute atomic E-state index is 0.161. The molecule has 17 heavy (non-hydrogen) atoms. The van der Waals surface area contributed by atoms with Gasteiger partial charge in [0.05, 0.1) is 0 Å². The van der Waals surface area contributed by atoms with E-state index in [1.54, 1.807) is 0 Å². The van der Waals surface area contributed by atoms with Crippen molar-refractivity contribution in [2.75, 3.05) is 0 Å². The second-order valence-corrected chi connectivity index (χ2v) is 2.75. The molecule has 3 nitrogen and oxygen atoms in total.